The fraction of sp³-hybridized carbons (Fsp3) is 0.933. The Kier molecular flexibility index (Phi) is 10.4. The standard InChI is InChI=1S/C15H28O6/c1-17-7-8-19-9-10-20-11-12-21-14-5-3-13(4-6-14)15(16)18-2/h13-14H,3-12H2,1-2H3. The lowest BCUT2D eigenvalue weighted by molar-refractivity contribution is -0.147. The van der Waals surface area contributed by atoms with E-state index < -0.39 is 0 Å². The van der Waals surface area contributed by atoms with Crippen molar-refractivity contribution in [2.75, 3.05) is 53.9 Å². The lowest BCUT2D eigenvalue weighted by Gasteiger charge is -2.26. The van der Waals surface area contributed by atoms with Crippen molar-refractivity contribution in [2.24, 2.45) is 5.92 Å². The van der Waals surface area contributed by atoms with Gasteiger partial charge in [0.2, 0.25) is 0 Å². The molecule has 0 aromatic heterocycles. The summed E-state index contributed by atoms with van der Waals surface area (Å²) in [4.78, 5) is 11.4. The molecule has 6 nitrogen and oxygen atoms in total. The van der Waals surface area contributed by atoms with Gasteiger partial charge in [-0.25, -0.2) is 0 Å². The van der Waals surface area contributed by atoms with Gasteiger partial charge in [0.15, 0.2) is 0 Å². The van der Waals surface area contributed by atoms with Crippen molar-refractivity contribution in [2.45, 2.75) is 31.8 Å². The summed E-state index contributed by atoms with van der Waals surface area (Å²) in [6.45, 7) is 3.52. The second-order valence-electron chi connectivity index (χ2n) is 5.09. The Hall–Kier alpha value is -0.690. The number of carbonyl (C=O) groups excluding carboxylic acids is 1. The fourth-order valence-electron chi connectivity index (χ4n) is 2.37. The minimum Gasteiger partial charge on any atom is -0.469 e. The Balaban J connectivity index is 1.89. The van der Waals surface area contributed by atoms with Gasteiger partial charge in [-0.05, 0) is 25.7 Å². The van der Waals surface area contributed by atoms with Gasteiger partial charge < -0.3 is 23.7 Å². The highest BCUT2D eigenvalue weighted by molar-refractivity contribution is 5.72. The summed E-state index contributed by atoms with van der Waals surface area (Å²) in [6, 6.07) is 0. The zero-order valence-corrected chi connectivity index (χ0v) is 13.2. The minimum atomic E-state index is -0.0924. The number of ether oxygens (including phenoxy) is 5. The van der Waals surface area contributed by atoms with Crippen molar-refractivity contribution in [3.05, 3.63) is 0 Å². The van der Waals surface area contributed by atoms with Crippen molar-refractivity contribution >= 4 is 5.97 Å². The lowest BCUT2D eigenvalue weighted by atomic mass is 9.87. The molecular weight excluding hydrogens is 276 g/mol. The van der Waals surface area contributed by atoms with Crippen molar-refractivity contribution < 1.29 is 28.5 Å². The minimum absolute atomic E-state index is 0.0512. The van der Waals surface area contributed by atoms with Gasteiger partial charge in [-0.2, -0.15) is 0 Å². The molecule has 0 heterocycles. The first-order chi connectivity index (χ1) is 10.3. The molecule has 21 heavy (non-hydrogen) atoms. The first-order valence-corrected chi connectivity index (χ1v) is 7.61. The van der Waals surface area contributed by atoms with Crippen molar-refractivity contribution in [1.29, 1.82) is 0 Å². The zero-order valence-electron chi connectivity index (χ0n) is 13.2. The molecule has 0 aliphatic heterocycles. The molecule has 1 rings (SSSR count). The number of methoxy groups -OCH3 is 2. The molecule has 1 aliphatic carbocycles. The number of hydrogen-bond donors (Lipinski definition) is 0. The Bertz CT molecular complexity index is 263. The molecule has 1 fully saturated rings. The highest BCUT2D eigenvalue weighted by Crippen LogP contribution is 2.26. The maximum Gasteiger partial charge on any atom is 0.308 e. The predicted octanol–water partition coefficient (Wildman–Crippen LogP) is 1.41. The first kappa shape index (κ1) is 18.4. The van der Waals surface area contributed by atoms with Crippen LogP contribution in [0.15, 0.2) is 0 Å². The summed E-state index contributed by atoms with van der Waals surface area (Å²) >= 11 is 0. The molecule has 0 aromatic rings. The third kappa shape index (κ3) is 8.36. The summed E-state index contributed by atoms with van der Waals surface area (Å²) in [7, 11) is 3.09. The second kappa shape index (κ2) is 11.9. The van der Waals surface area contributed by atoms with Gasteiger partial charge in [-0.1, -0.05) is 0 Å². The van der Waals surface area contributed by atoms with Crippen LogP contribution in [-0.2, 0) is 28.5 Å². The molecule has 6 heteroatoms. The van der Waals surface area contributed by atoms with E-state index in [0.717, 1.165) is 25.7 Å². The third-order valence-electron chi connectivity index (χ3n) is 3.59. The van der Waals surface area contributed by atoms with E-state index in [9.17, 15) is 4.79 Å². The van der Waals surface area contributed by atoms with E-state index in [-0.39, 0.29) is 18.0 Å². The second-order valence-corrected chi connectivity index (χ2v) is 5.09. The Morgan fingerprint density at radius 3 is 2.00 bits per heavy atom. The average Bonchev–Trinajstić information content (AvgIpc) is 2.53. The monoisotopic (exact) mass is 304 g/mol. The third-order valence-corrected chi connectivity index (χ3v) is 3.59. The van der Waals surface area contributed by atoms with Crippen LogP contribution in [0.2, 0.25) is 0 Å². The Morgan fingerprint density at radius 2 is 1.43 bits per heavy atom. The maximum absolute atomic E-state index is 11.4. The van der Waals surface area contributed by atoms with Gasteiger partial charge in [0.25, 0.3) is 0 Å². The summed E-state index contributed by atoms with van der Waals surface area (Å²) in [5, 5.41) is 0. The molecule has 0 spiro atoms. The molecule has 0 aromatic carbocycles. The Morgan fingerprint density at radius 1 is 0.857 bits per heavy atom. The van der Waals surface area contributed by atoms with Crippen LogP contribution >= 0.6 is 0 Å². The highest BCUT2D eigenvalue weighted by Gasteiger charge is 2.27. The lowest BCUT2D eigenvalue weighted by Crippen LogP contribution is -2.27. The predicted molar refractivity (Wildman–Crippen MR) is 77.2 cm³/mol. The van der Waals surface area contributed by atoms with Gasteiger partial charge in [0.05, 0.1) is 58.8 Å². The van der Waals surface area contributed by atoms with Crippen LogP contribution in [0.4, 0.5) is 0 Å². The van der Waals surface area contributed by atoms with Crippen LogP contribution in [0.1, 0.15) is 25.7 Å². The molecule has 0 atom stereocenters. The summed E-state index contributed by atoms with van der Waals surface area (Å²) in [5.74, 6) is -0.0411. The molecule has 0 bridgehead atoms. The zero-order chi connectivity index (χ0) is 15.3. The number of rotatable bonds is 11. The first-order valence-electron chi connectivity index (χ1n) is 7.61. The van der Waals surface area contributed by atoms with Crippen LogP contribution in [-0.4, -0.2) is 65.9 Å². The fourth-order valence-corrected chi connectivity index (χ4v) is 2.37. The summed E-state index contributed by atoms with van der Waals surface area (Å²) < 4.78 is 26.1. The molecule has 0 unspecified atom stereocenters. The van der Waals surface area contributed by atoms with Crippen molar-refractivity contribution in [3.8, 4) is 0 Å². The van der Waals surface area contributed by atoms with Crippen LogP contribution in [0, 0.1) is 5.92 Å². The van der Waals surface area contributed by atoms with Gasteiger partial charge in [-0.3, -0.25) is 4.79 Å². The average molecular weight is 304 g/mol. The van der Waals surface area contributed by atoms with Crippen molar-refractivity contribution in [1.82, 2.24) is 0 Å². The van der Waals surface area contributed by atoms with Crippen molar-refractivity contribution in [3.63, 3.8) is 0 Å². The SMILES string of the molecule is COCCOCCOCCOC1CCC(C(=O)OC)CC1. The van der Waals surface area contributed by atoms with E-state index >= 15 is 0 Å². The topological polar surface area (TPSA) is 63.2 Å². The molecule has 1 aliphatic rings. The van der Waals surface area contributed by atoms with Crippen LogP contribution in [0.3, 0.4) is 0 Å². The van der Waals surface area contributed by atoms with Crippen LogP contribution < -0.4 is 0 Å². The Labute approximate surface area is 127 Å². The summed E-state index contributed by atoms with van der Waals surface area (Å²) in [5.41, 5.74) is 0. The van der Waals surface area contributed by atoms with Gasteiger partial charge >= 0.3 is 5.97 Å². The van der Waals surface area contributed by atoms with Gasteiger partial charge in [0.1, 0.15) is 0 Å². The molecule has 0 N–H and O–H groups in total. The van der Waals surface area contributed by atoms with Crippen LogP contribution in [0.25, 0.3) is 0 Å². The number of carbonyl (C=O) groups is 1. The van der Waals surface area contributed by atoms with Crippen LogP contribution in [0.5, 0.6) is 0 Å². The van der Waals surface area contributed by atoms with E-state index in [1.807, 2.05) is 0 Å². The van der Waals surface area contributed by atoms with E-state index in [0.29, 0.717) is 39.6 Å². The van der Waals surface area contributed by atoms with Gasteiger partial charge in [-0.15, -0.1) is 0 Å². The number of esters is 1. The molecule has 0 saturated heterocycles. The highest BCUT2D eigenvalue weighted by atomic mass is 16.6. The van der Waals surface area contributed by atoms with E-state index in [4.69, 9.17) is 23.7 Å². The van der Waals surface area contributed by atoms with E-state index in [2.05, 4.69) is 0 Å². The van der Waals surface area contributed by atoms with Gasteiger partial charge in [0, 0.05) is 7.11 Å². The molecule has 0 radical (unpaired) electrons. The molecule has 1 saturated carbocycles. The normalized spacial score (nSPS) is 22.2. The molecule has 124 valence electrons. The quantitative estimate of drug-likeness (QED) is 0.425. The molecular formula is C15H28O6. The van der Waals surface area contributed by atoms with E-state index in [1.165, 1.54) is 7.11 Å². The smallest absolute Gasteiger partial charge is 0.308 e. The largest absolute Gasteiger partial charge is 0.469 e. The number of hydrogen-bond acceptors (Lipinski definition) is 6. The van der Waals surface area contributed by atoms with E-state index in [1.54, 1.807) is 7.11 Å². The summed E-state index contributed by atoms with van der Waals surface area (Å²) in [6.07, 6.45) is 3.78. The maximum atomic E-state index is 11.4. The molecule has 0 amide bonds.